The smallest absolute Gasteiger partial charge is 0.142 e. The van der Waals surface area contributed by atoms with Crippen LogP contribution < -0.4 is 0 Å². The molecule has 2 aromatic rings. The van der Waals surface area contributed by atoms with Gasteiger partial charge in [-0.1, -0.05) is 6.42 Å². The highest BCUT2D eigenvalue weighted by Crippen LogP contribution is 2.47. The lowest BCUT2D eigenvalue weighted by atomic mass is 9.80. The Morgan fingerprint density at radius 2 is 2.18 bits per heavy atom. The zero-order chi connectivity index (χ0) is 12.0. The summed E-state index contributed by atoms with van der Waals surface area (Å²) < 4.78 is 15.5. The van der Waals surface area contributed by atoms with Crippen molar-refractivity contribution in [2.75, 3.05) is 0 Å². The van der Waals surface area contributed by atoms with E-state index in [0.29, 0.717) is 5.92 Å². The van der Waals surface area contributed by atoms with E-state index in [-0.39, 0.29) is 5.56 Å². The Labute approximate surface area is 111 Å². The van der Waals surface area contributed by atoms with E-state index in [0.717, 1.165) is 13.9 Å². The van der Waals surface area contributed by atoms with Gasteiger partial charge in [-0.05, 0) is 57.8 Å². The standard InChI is InChI=1S/C13H9BrFNS/c14-13-12(7-2-1-3-7)9-4-8(6-16)10(15)5-11(9)17-13/h4-5,7H,1-3H2. The second kappa shape index (κ2) is 4.08. The Kier molecular flexibility index (Phi) is 2.68. The summed E-state index contributed by atoms with van der Waals surface area (Å²) in [5.41, 5.74) is 1.41. The van der Waals surface area contributed by atoms with Crippen LogP contribution in [0.4, 0.5) is 4.39 Å². The third-order valence-electron chi connectivity index (χ3n) is 3.40. The highest BCUT2D eigenvalue weighted by atomic mass is 79.9. The molecule has 0 saturated heterocycles. The van der Waals surface area contributed by atoms with Gasteiger partial charge >= 0.3 is 0 Å². The number of benzene rings is 1. The second-order valence-electron chi connectivity index (χ2n) is 4.36. The van der Waals surface area contributed by atoms with Gasteiger partial charge in [0, 0.05) is 4.70 Å². The van der Waals surface area contributed by atoms with Gasteiger partial charge in [0.05, 0.1) is 9.35 Å². The zero-order valence-electron chi connectivity index (χ0n) is 8.96. The van der Waals surface area contributed by atoms with Crippen LogP contribution >= 0.6 is 27.3 Å². The van der Waals surface area contributed by atoms with Crippen molar-refractivity contribution in [2.45, 2.75) is 25.2 Å². The van der Waals surface area contributed by atoms with Crippen LogP contribution in [0.2, 0.25) is 0 Å². The van der Waals surface area contributed by atoms with Crippen molar-refractivity contribution in [3.63, 3.8) is 0 Å². The summed E-state index contributed by atoms with van der Waals surface area (Å²) in [4.78, 5) is 0. The molecule has 1 fully saturated rings. The first kappa shape index (κ1) is 11.2. The molecule has 0 bridgehead atoms. The van der Waals surface area contributed by atoms with E-state index in [1.165, 1.54) is 30.9 Å². The normalized spacial score (nSPS) is 15.8. The van der Waals surface area contributed by atoms with E-state index in [1.807, 2.05) is 6.07 Å². The molecule has 86 valence electrons. The van der Waals surface area contributed by atoms with Crippen molar-refractivity contribution >= 4 is 37.4 Å². The monoisotopic (exact) mass is 309 g/mol. The van der Waals surface area contributed by atoms with E-state index < -0.39 is 5.82 Å². The molecule has 0 radical (unpaired) electrons. The summed E-state index contributed by atoms with van der Waals surface area (Å²) >= 11 is 5.13. The maximum Gasteiger partial charge on any atom is 0.142 e. The van der Waals surface area contributed by atoms with Crippen molar-refractivity contribution in [2.24, 2.45) is 0 Å². The van der Waals surface area contributed by atoms with Crippen molar-refractivity contribution < 1.29 is 4.39 Å². The van der Waals surface area contributed by atoms with E-state index in [2.05, 4.69) is 15.9 Å². The van der Waals surface area contributed by atoms with Crippen LogP contribution in [-0.4, -0.2) is 0 Å². The van der Waals surface area contributed by atoms with E-state index >= 15 is 0 Å². The molecule has 0 spiro atoms. The van der Waals surface area contributed by atoms with Gasteiger partial charge in [-0.2, -0.15) is 5.26 Å². The number of halogens is 2. The lowest BCUT2D eigenvalue weighted by Gasteiger charge is -2.25. The quantitative estimate of drug-likeness (QED) is 0.731. The topological polar surface area (TPSA) is 23.8 Å². The Morgan fingerprint density at radius 3 is 2.76 bits per heavy atom. The molecular weight excluding hydrogens is 301 g/mol. The number of nitrogens with zero attached hydrogens (tertiary/aromatic N) is 1. The molecule has 1 nitrogen and oxygen atoms in total. The molecule has 1 aromatic heterocycles. The second-order valence-corrected chi connectivity index (χ2v) is 6.73. The van der Waals surface area contributed by atoms with Gasteiger partial charge in [0.2, 0.25) is 0 Å². The zero-order valence-corrected chi connectivity index (χ0v) is 11.4. The Morgan fingerprint density at radius 1 is 1.41 bits per heavy atom. The molecule has 1 aliphatic carbocycles. The molecule has 1 aromatic carbocycles. The number of hydrogen-bond acceptors (Lipinski definition) is 2. The largest absolute Gasteiger partial charge is 0.205 e. The molecule has 0 unspecified atom stereocenters. The lowest BCUT2D eigenvalue weighted by Crippen LogP contribution is -2.08. The number of hydrogen-bond donors (Lipinski definition) is 0. The van der Waals surface area contributed by atoms with Gasteiger partial charge in [0.15, 0.2) is 0 Å². The van der Waals surface area contributed by atoms with E-state index in [1.54, 1.807) is 17.4 Å². The minimum absolute atomic E-state index is 0.142. The van der Waals surface area contributed by atoms with Crippen LogP contribution in [0.3, 0.4) is 0 Å². The van der Waals surface area contributed by atoms with Crippen molar-refractivity contribution in [1.29, 1.82) is 5.26 Å². The third kappa shape index (κ3) is 1.69. The van der Waals surface area contributed by atoms with Crippen LogP contribution in [0.5, 0.6) is 0 Å². The molecule has 1 heterocycles. The molecule has 1 saturated carbocycles. The van der Waals surface area contributed by atoms with Crippen LogP contribution in [0, 0.1) is 17.1 Å². The highest BCUT2D eigenvalue weighted by Gasteiger charge is 2.26. The summed E-state index contributed by atoms with van der Waals surface area (Å²) in [6, 6.07) is 5.08. The minimum Gasteiger partial charge on any atom is -0.205 e. The molecule has 0 aliphatic heterocycles. The minimum atomic E-state index is -0.422. The van der Waals surface area contributed by atoms with Crippen LogP contribution in [0.15, 0.2) is 15.9 Å². The predicted molar refractivity (Wildman–Crippen MR) is 70.8 cm³/mol. The number of nitriles is 1. The summed E-state index contributed by atoms with van der Waals surface area (Å²) in [7, 11) is 0. The Balaban J connectivity index is 2.27. The molecule has 0 atom stereocenters. The first-order valence-corrected chi connectivity index (χ1v) is 7.13. The molecule has 0 amide bonds. The third-order valence-corrected chi connectivity index (χ3v) is 5.27. The van der Waals surface area contributed by atoms with Gasteiger partial charge in [-0.3, -0.25) is 0 Å². The fourth-order valence-corrected chi connectivity index (χ4v) is 4.35. The van der Waals surface area contributed by atoms with Crippen molar-refractivity contribution in [3.8, 4) is 6.07 Å². The van der Waals surface area contributed by atoms with Crippen LogP contribution in [-0.2, 0) is 0 Å². The van der Waals surface area contributed by atoms with E-state index in [9.17, 15) is 4.39 Å². The molecule has 3 rings (SSSR count). The Bertz CT molecular complexity index is 637. The molecule has 1 aliphatic rings. The first-order chi connectivity index (χ1) is 8.20. The Hall–Kier alpha value is -0.920. The summed E-state index contributed by atoms with van der Waals surface area (Å²) in [5.74, 6) is 0.157. The van der Waals surface area contributed by atoms with Gasteiger partial charge in [0.25, 0.3) is 0 Å². The van der Waals surface area contributed by atoms with Gasteiger partial charge < -0.3 is 0 Å². The summed E-state index contributed by atoms with van der Waals surface area (Å²) in [6.45, 7) is 0. The number of rotatable bonds is 1. The van der Waals surface area contributed by atoms with Gasteiger partial charge in [-0.25, -0.2) is 4.39 Å². The highest BCUT2D eigenvalue weighted by molar-refractivity contribution is 9.11. The fourth-order valence-electron chi connectivity index (χ4n) is 2.27. The molecule has 0 N–H and O–H groups in total. The maximum absolute atomic E-state index is 13.5. The number of fused-ring (bicyclic) bond motifs is 1. The van der Waals surface area contributed by atoms with Gasteiger partial charge in [0.1, 0.15) is 11.9 Å². The molecule has 4 heteroatoms. The molecular formula is C13H9BrFNS. The van der Waals surface area contributed by atoms with Crippen LogP contribution in [0.1, 0.15) is 36.3 Å². The fraction of sp³-hybridized carbons (Fsp3) is 0.308. The SMILES string of the molecule is N#Cc1cc2c(C3CCC3)c(Br)sc2cc1F. The van der Waals surface area contributed by atoms with E-state index in [4.69, 9.17) is 5.26 Å². The summed E-state index contributed by atoms with van der Waals surface area (Å²) in [6.07, 6.45) is 3.66. The maximum atomic E-state index is 13.5. The molecule has 17 heavy (non-hydrogen) atoms. The van der Waals surface area contributed by atoms with Crippen LogP contribution in [0.25, 0.3) is 10.1 Å². The van der Waals surface area contributed by atoms with Crippen molar-refractivity contribution in [1.82, 2.24) is 0 Å². The predicted octanol–water partition coefficient (Wildman–Crippen LogP) is 4.94. The average Bonchev–Trinajstić information content (AvgIpc) is 2.52. The lowest BCUT2D eigenvalue weighted by molar-refractivity contribution is 0.422. The number of thiophene rings is 1. The van der Waals surface area contributed by atoms with Gasteiger partial charge in [-0.15, -0.1) is 11.3 Å². The van der Waals surface area contributed by atoms with Crippen molar-refractivity contribution in [3.05, 3.63) is 32.9 Å². The first-order valence-electron chi connectivity index (χ1n) is 5.52. The average molecular weight is 310 g/mol. The summed E-state index contributed by atoms with van der Waals surface area (Å²) in [5, 5.41) is 9.93.